The number of aromatic carboxylic acids is 1. The van der Waals surface area contributed by atoms with E-state index in [1.165, 1.54) is 0 Å². The molecule has 0 amide bonds. The van der Waals surface area contributed by atoms with E-state index in [9.17, 15) is 9.00 Å². The van der Waals surface area contributed by atoms with E-state index < -0.39 is 16.8 Å². The second-order valence-corrected chi connectivity index (χ2v) is 6.24. The molecule has 5 heteroatoms. The van der Waals surface area contributed by atoms with Crippen LogP contribution in [0.4, 0.5) is 0 Å². The van der Waals surface area contributed by atoms with Gasteiger partial charge in [-0.3, -0.25) is 4.21 Å². The third-order valence-electron chi connectivity index (χ3n) is 3.44. The summed E-state index contributed by atoms with van der Waals surface area (Å²) in [6.45, 7) is 3.78. The SMILES string of the molecule is Cc1cc(C(=O)O)c(C)n1C1CCS(=O)CC1. The van der Waals surface area contributed by atoms with Gasteiger partial charge in [0.25, 0.3) is 0 Å². The van der Waals surface area contributed by atoms with Crippen molar-refractivity contribution in [3.05, 3.63) is 23.0 Å². The van der Waals surface area contributed by atoms with Crippen LogP contribution < -0.4 is 0 Å². The van der Waals surface area contributed by atoms with Gasteiger partial charge in [0, 0.05) is 39.7 Å². The zero-order valence-corrected chi connectivity index (χ0v) is 10.9. The van der Waals surface area contributed by atoms with E-state index in [0.29, 0.717) is 11.6 Å². The lowest BCUT2D eigenvalue weighted by Crippen LogP contribution is -2.23. The molecule has 2 rings (SSSR count). The molecule has 1 aliphatic heterocycles. The van der Waals surface area contributed by atoms with Crippen LogP contribution in [0.3, 0.4) is 0 Å². The largest absolute Gasteiger partial charge is 0.478 e. The normalized spacial score (nSPS) is 24.8. The van der Waals surface area contributed by atoms with E-state index >= 15 is 0 Å². The number of hydrogen-bond donors (Lipinski definition) is 1. The van der Waals surface area contributed by atoms with Crippen LogP contribution >= 0.6 is 0 Å². The van der Waals surface area contributed by atoms with E-state index in [0.717, 1.165) is 35.7 Å². The van der Waals surface area contributed by atoms with Gasteiger partial charge < -0.3 is 9.67 Å². The second-order valence-electron chi connectivity index (χ2n) is 4.54. The van der Waals surface area contributed by atoms with Crippen LogP contribution in [0.1, 0.15) is 40.6 Å². The highest BCUT2D eigenvalue weighted by molar-refractivity contribution is 7.85. The molecule has 0 atom stereocenters. The van der Waals surface area contributed by atoms with Gasteiger partial charge in [-0.05, 0) is 32.8 Å². The minimum atomic E-state index is -0.872. The topological polar surface area (TPSA) is 59.3 Å². The molecule has 1 N–H and O–H groups in total. The summed E-state index contributed by atoms with van der Waals surface area (Å²) in [4.78, 5) is 11.1. The highest BCUT2D eigenvalue weighted by Gasteiger charge is 2.24. The van der Waals surface area contributed by atoms with Gasteiger partial charge in [0.1, 0.15) is 0 Å². The summed E-state index contributed by atoms with van der Waals surface area (Å²) in [5.74, 6) is 0.581. The first-order chi connectivity index (χ1) is 8.00. The van der Waals surface area contributed by atoms with Crippen LogP contribution in [0.25, 0.3) is 0 Å². The molecule has 94 valence electrons. The zero-order valence-electron chi connectivity index (χ0n) is 10.1. The second kappa shape index (κ2) is 4.64. The Bertz CT molecular complexity index is 468. The first kappa shape index (κ1) is 12.4. The van der Waals surface area contributed by atoms with Gasteiger partial charge in [-0.25, -0.2) is 4.79 Å². The van der Waals surface area contributed by atoms with Crippen molar-refractivity contribution in [1.82, 2.24) is 4.57 Å². The lowest BCUT2D eigenvalue weighted by molar-refractivity contribution is 0.0696. The molecule has 1 saturated heterocycles. The minimum Gasteiger partial charge on any atom is -0.478 e. The molecule has 0 unspecified atom stereocenters. The Morgan fingerprint density at radius 2 is 2.00 bits per heavy atom. The Labute approximate surface area is 103 Å². The number of nitrogens with zero attached hydrogens (tertiary/aromatic N) is 1. The molecule has 0 saturated carbocycles. The summed E-state index contributed by atoms with van der Waals surface area (Å²) in [5, 5.41) is 9.08. The molecular weight excluding hydrogens is 238 g/mol. The number of carboxylic acid groups (broad SMARTS) is 1. The predicted molar refractivity (Wildman–Crippen MR) is 67.0 cm³/mol. The number of aromatic nitrogens is 1. The van der Waals surface area contributed by atoms with Gasteiger partial charge in [-0.1, -0.05) is 0 Å². The maximum absolute atomic E-state index is 11.3. The van der Waals surface area contributed by atoms with E-state index in [1.807, 2.05) is 13.8 Å². The molecule has 0 aliphatic carbocycles. The van der Waals surface area contributed by atoms with Crippen molar-refractivity contribution in [2.45, 2.75) is 32.7 Å². The van der Waals surface area contributed by atoms with Crippen molar-refractivity contribution in [3.8, 4) is 0 Å². The van der Waals surface area contributed by atoms with Crippen LogP contribution in [0.15, 0.2) is 6.07 Å². The first-order valence-electron chi connectivity index (χ1n) is 5.77. The number of rotatable bonds is 2. The van der Waals surface area contributed by atoms with Crippen molar-refractivity contribution in [2.24, 2.45) is 0 Å². The Morgan fingerprint density at radius 3 is 2.47 bits per heavy atom. The Hall–Kier alpha value is -1.10. The highest BCUT2D eigenvalue weighted by Crippen LogP contribution is 2.28. The van der Waals surface area contributed by atoms with Gasteiger partial charge >= 0.3 is 5.97 Å². The van der Waals surface area contributed by atoms with Crippen LogP contribution in [0.5, 0.6) is 0 Å². The summed E-state index contributed by atoms with van der Waals surface area (Å²) in [7, 11) is -0.680. The Balaban J connectivity index is 2.32. The fraction of sp³-hybridized carbons (Fsp3) is 0.583. The third kappa shape index (κ3) is 2.29. The van der Waals surface area contributed by atoms with Crippen molar-refractivity contribution < 1.29 is 14.1 Å². The zero-order chi connectivity index (χ0) is 12.6. The summed E-state index contributed by atoms with van der Waals surface area (Å²) in [6, 6.07) is 2.03. The van der Waals surface area contributed by atoms with Crippen molar-refractivity contribution in [3.63, 3.8) is 0 Å². The summed E-state index contributed by atoms with van der Waals surface area (Å²) in [6.07, 6.45) is 1.75. The maximum Gasteiger partial charge on any atom is 0.337 e. The lowest BCUT2D eigenvalue weighted by Gasteiger charge is -2.26. The molecule has 2 heterocycles. The fourth-order valence-electron chi connectivity index (χ4n) is 2.60. The van der Waals surface area contributed by atoms with Gasteiger partial charge in [0.2, 0.25) is 0 Å². The molecule has 1 fully saturated rings. The molecule has 1 aromatic rings. The maximum atomic E-state index is 11.3. The number of aryl methyl sites for hydroxylation is 1. The predicted octanol–water partition coefficient (Wildman–Crippen LogP) is 1.89. The molecule has 4 nitrogen and oxygen atoms in total. The third-order valence-corrected chi connectivity index (χ3v) is 4.82. The van der Waals surface area contributed by atoms with Crippen molar-refractivity contribution in [1.29, 1.82) is 0 Å². The standard InChI is InChI=1S/C12H17NO3S/c1-8-7-11(12(14)15)9(2)13(8)10-3-5-17(16)6-4-10/h7,10H,3-6H2,1-2H3,(H,14,15). The summed E-state index contributed by atoms with van der Waals surface area (Å²) >= 11 is 0. The van der Waals surface area contributed by atoms with Crippen LogP contribution in [0.2, 0.25) is 0 Å². The van der Waals surface area contributed by atoms with Gasteiger partial charge in [-0.2, -0.15) is 0 Å². The molecule has 1 aromatic heterocycles. The number of carboxylic acids is 1. The van der Waals surface area contributed by atoms with Crippen LogP contribution in [-0.2, 0) is 10.8 Å². The Morgan fingerprint density at radius 1 is 1.41 bits per heavy atom. The summed E-state index contributed by atoms with van der Waals surface area (Å²) < 4.78 is 13.4. The van der Waals surface area contributed by atoms with Crippen molar-refractivity contribution >= 4 is 16.8 Å². The van der Waals surface area contributed by atoms with E-state index in [2.05, 4.69) is 4.57 Å². The fourth-order valence-corrected chi connectivity index (χ4v) is 3.87. The highest BCUT2D eigenvalue weighted by atomic mass is 32.2. The van der Waals surface area contributed by atoms with E-state index in [4.69, 9.17) is 5.11 Å². The number of carbonyl (C=O) groups is 1. The van der Waals surface area contributed by atoms with Crippen molar-refractivity contribution in [2.75, 3.05) is 11.5 Å². The number of hydrogen-bond acceptors (Lipinski definition) is 2. The minimum absolute atomic E-state index is 0.306. The lowest BCUT2D eigenvalue weighted by atomic mass is 10.1. The Kier molecular flexibility index (Phi) is 3.38. The smallest absolute Gasteiger partial charge is 0.337 e. The average Bonchev–Trinajstić information content (AvgIpc) is 2.56. The monoisotopic (exact) mass is 255 g/mol. The van der Waals surface area contributed by atoms with Gasteiger partial charge in [-0.15, -0.1) is 0 Å². The van der Waals surface area contributed by atoms with Gasteiger partial charge in [0.15, 0.2) is 0 Å². The molecule has 1 aliphatic rings. The van der Waals surface area contributed by atoms with Gasteiger partial charge in [0.05, 0.1) is 5.56 Å². The average molecular weight is 255 g/mol. The molecule has 17 heavy (non-hydrogen) atoms. The molecule has 0 spiro atoms. The summed E-state index contributed by atoms with van der Waals surface area (Å²) in [5.41, 5.74) is 2.18. The molecule has 0 aromatic carbocycles. The molecular formula is C12H17NO3S. The van der Waals surface area contributed by atoms with Crippen LogP contribution in [-0.4, -0.2) is 31.4 Å². The quantitative estimate of drug-likeness (QED) is 0.878. The first-order valence-corrected chi connectivity index (χ1v) is 7.26. The van der Waals surface area contributed by atoms with E-state index in [1.54, 1.807) is 6.07 Å². The van der Waals surface area contributed by atoms with Crippen LogP contribution in [0, 0.1) is 13.8 Å². The molecule has 0 bridgehead atoms. The van der Waals surface area contributed by atoms with E-state index in [-0.39, 0.29) is 0 Å². The molecule has 0 radical (unpaired) electrons.